The molecule has 0 saturated heterocycles. The van der Waals surface area contributed by atoms with Gasteiger partial charge in [0.05, 0.1) is 5.02 Å². The summed E-state index contributed by atoms with van der Waals surface area (Å²) in [4.78, 5) is 0. The highest BCUT2D eigenvalue weighted by Gasteiger charge is 2.53. The highest BCUT2D eigenvalue weighted by molar-refractivity contribution is 6.30. The van der Waals surface area contributed by atoms with Crippen LogP contribution in [0.4, 0.5) is 4.39 Å². The summed E-state index contributed by atoms with van der Waals surface area (Å²) in [6.45, 7) is 4.11. The second-order valence-electron chi connectivity index (χ2n) is 6.33. The third-order valence-electron chi connectivity index (χ3n) is 4.81. The molecule has 2 aliphatic carbocycles. The quantitative estimate of drug-likeness (QED) is 0.859. The van der Waals surface area contributed by atoms with Gasteiger partial charge in [-0.15, -0.1) is 0 Å². The average Bonchev–Trinajstić information content (AvgIpc) is 3.01. The molecule has 2 unspecified atom stereocenters. The van der Waals surface area contributed by atoms with E-state index in [0.29, 0.717) is 0 Å². The largest absolute Gasteiger partial charge is 0.316 e. The van der Waals surface area contributed by atoms with Gasteiger partial charge in [0.15, 0.2) is 0 Å². The molecule has 2 aliphatic rings. The molecule has 2 fully saturated rings. The molecule has 3 heteroatoms. The fraction of sp³-hybridized carbons (Fsp3) is 0.625. The molecule has 2 saturated carbocycles. The summed E-state index contributed by atoms with van der Waals surface area (Å²) in [5.41, 5.74) is 1.03. The second-order valence-corrected chi connectivity index (χ2v) is 6.74. The Morgan fingerprint density at radius 1 is 1.37 bits per heavy atom. The van der Waals surface area contributed by atoms with E-state index in [2.05, 4.69) is 12.2 Å². The topological polar surface area (TPSA) is 12.0 Å². The van der Waals surface area contributed by atoms with Gasteiger partial charge in [0, 0.05) is 6.54 Å². The summed E-state index contributed by atoms with van der Waals surface area (Å²) in [7, 11) is 0. The van der Waals surface area contributed by atoms with Crippen molar-refractivity contribution in [3.8, 4) is 0 Å². The zero-order valence-electron chi connectivity index (χ0n) is 11.4. The van der Waals surface area contributed by atoms with Crippen molar-refractivity contribution in [1.82, 2.24) is 5.32 Å². The van der Waals surface area contributed by atoms with Crippen molar-refractivity contribution in [3.05, 3.63) is 34.6 Å². The number of hydrogen-bond acceptors (Lipinski definition) is 1. The number of halogens is 2. The van der Waals surface area contributed by atoms with Crippen LogP contribution < -0.4 is 5.32 Å². The van der Waals surface area contributed by atoms with E-state index in [1.54, 1.807) is 6.07 Å². The SMILES string of the molecule is CCNCC1(Cc2cccc(Cl)c2F)CC2CC2C1. The van der Waals surface area contributed by atoms with Crippen LogP contribution in [0.3, 0.4) is 0 Å². The van der Waals surface area contributed by atoms with Crippen LogP contribution in [-0.4, -0.2) is 13.1 Å². The molecule has 0 bridgehead atoms. The minimum atomic E-state index is -0.222. The molecule has 0 amide bonds. The molecule has 3 rings (SSSR count). The first kappa shape index (κ1) is 13.4. The first-order valence-corrected chi connectivity index (χ1v) is 7.65. The summed E-state index contributed by atoms with van der Waals surface area (Å²) in [5.74, 6) is 1.59. The van der Waals surface area contributed by atoms with Gasteiger partial charge in [-0.2, -0.15) is 0 Å². The molecule has 1 nitrogen and oxygen atoms in total. The Labute approximate surface area is 119 Å². The van der Waals surface area contributed by atoms with Gasteiger partial charge in [-0.05, 0) is 61.1 Å². The molecule has 104 valence electrons. The molecule has 1 aromatic rings. The van der Waals surface area contributed by atoms with E-state index in [9.17, 15) is 4.39 Å². The zero-order chi connectivity index (χ0) is 13.5. The van der Waals surface area contributed by atoms with Crippen molar-refractivity contribution in [2.24, 2.45) is 17.3 Å². The van der Waals surface area contributed by atoms with Crippen molar-refractivity contribution in [2.75, 3.05) is 13.1 Å². The van der Waals surface area contributed by atoms with E-state index < -0.39 is 0 Å². The Morgan fingerprint density at radius 2 is 2.11 bits per heavy atom. The maximum Gasteiger partial charge on any atom is 0.144 e. The van der Waals surface area contributed by atoms with E-state index in [1.165, 1.54) is 19.3 Å². The third kappa shape index (κ3) is 2.66. The molecule has 0 spiro atoms. The van der Waals surface area contributed by atoms with Crippen LogP contribution in [0.5, 0.6) is 0 Å². The summed E-state index contributed by atoms with van der Waals surface area (Å²) in [6, 6.07) is 5.37. The minimum absolute atomic E-state index is 0.222. The number of benzene rings is 1. The molecular formula is C16H21ClFN. The lowest BCUT2D eigenvalue weighted by atomic mass is 9.77. The van der Waals surface area contributed by atoms with Crippen LogP contribution in [-0.2, 0) is 6.42 Å². The summed E-state index contributed by atoms with van der Waals surface area (Å²) in [5, 5.41) is 3.72. The predicted octanol–water partition coefficient (Wildman–Crippen LogP) is 4.05. The molecule has 1 N–H and O–H groups in total. The van der Waals surface area contributed by atoms with E-state index in [4.69, 9.17) is 11.6 Å². The normalized spacial score (nSPS) is 32.4. The van der Waals surface area contributed by atoms with Crippen LogP contribution in [0.1, 0.15) is 31.7 Å². The standard InChI is InChI=1S/C16H21ClFN/c1-2-19-10-16(8-12-6-13(12)9-16)7-11-4-3-5-14(17)15(11)18/h3-5,12-13,19H,2,6-10H2,1H3. The van der Waals surface area contributed by atoms with E-state index in [0.717, 1.165) is 36.9 Å². The summed E-state index contributed by atoms with van der Waals surface area (Å²) >= 11 is 5.90. The Kier molecular flexibility index (Phi) is 3.57. The van der Waals surface area contributed by atoms with Gasteiger partial charge in [-0.1, -0.05) is 30.7 Å². The molecule has 0 aromatic heterocycles. The third-order valence-corrected chi connectivity index (χ3v) is 5.10. The highest BCUT2D eigenvalue weighted by atomic mass is 35.5. The first-order valence-electron chi connectivity index (χ1n) is 7.27. The summed E-state index contributed by atoms with van der Waals surface area (Å²) in [6.07, 6.45) is 4.71. The molecule has 0 radical (unpaired) electrons. The molecule has 0 aliphatic heterocycles. The Balaban J connectivity index is 1.79. The zero-order valence-corrected chi connectivity index (χ0v) is 12.1. The van der Waals surface area contributed by atoms with E-state index in [-0.39, 0.29) is 16.3 Å². The second kappa shape index (κ2) is 5.06. The number of rotatable bonds is 5. The van der Waals surface area contributed by atoms with Crippen molar-refractivity contribution in [2.45, 2.75) is 32.6 Å². The average molecular weight is 282 g/mol. The minimum Gasteiger partial charge on any atom is -0.316 e. The van der Waals surface area contributed by atoms with Crippen molar-refractivity contribution < 1.29 is 4.39 Å². The highest BCUT2D eigenvalue weighted by Crippen LogP contribution is 2.60. The Bertz CT molecular complexity index is 464. The maximum absolute atomic E-state index is 14.1. The van der Waals surface area contributed by atoms with Crippen LogP contribution >= 0.6 is 11.6 Å². The van der Waals surface area contributed by atoms with Gasteiger partial charge in [-0.3, -0.25) is 0 Å². The monoisotopic (exact) mass is 281 g/mol. The smallest absolute Gasteiger partial charge is 0.144 e. The van der Waals surface area contributed by atoms with E-state index in [1.807, 2.05) is 12.1 Å². The van der Waals surface area contributed by atoms with Crippen molar-refractivity contribution >= 4 is 11.6 Å². The van der Waals surface area contributed by atoms with Crippen LogP contribution in [0.2, 0.25) is 5.02 Å². The maximum atomic E-state index is 14.1. The van der Waals surface area contributed by atoms with Gasteiger partial charge in [-0.25, -0.2) is 4.39 Å². The summed E-state index contributed by atoms with van der Waals surface area (Å²) < 4.78 is 14.1. The predicted molar refractivity (Wildman–Crippen MR) is 76.9 cm³/mol. The molecule has 19 heavy (non-hydrogen) atoms. The van der Waals surface area contributed by atoms with Crippen LogP contribution in [0.25, 0.3) is 0 Å². The Hall–Kier alpha value is -0.600. The molecule has 1 aromatic carbocycles. The Morgan fingerprint density at radius 3 is 2.79 bits per heavy atom. The van der Waals surface area contributed by atoms with Gasteiger partial charge in [0.2, 0.25) is 0 Å². The van der Waals surface area contributed by atoms with Gasteiger partial charge in [0.25, 0.3) is 0 Å². The van der Waals surface area contributed by atoms with Gasteiger partial charge < -0.3 is 5.32 Å². The van der Waals surface area contributed by atoms with Crippen LogP contribution in [0.15, 0.2) is 18.2 Å². The molecule has 0 heterocycles. The van der Waals surface area contributed by atoms with Gasteiger partial charge >= 0.3 is 0 Å². The van der Waals surface area contributed by atoms with Crippen LogP contribution in [0, 0.1) is 23.1 Å². The number of hydrogen-bond donors (Lipinski definition) is 1. The molecular weight excluding hydrogens is 261 g/mol. The van der Waals surface area contributed by atoms with E-state index >= 15 is 0 Å². The fourth-order valence-electron chi connectivity index (χ4n) is 3.84. The van der Waals surface area contributed by atoms with Crippen molar-refractivity contribution in [1.29, 1.82) is 0 Å². The van der Waals surface area contributed by atoms with Gasteiger partial charge in [0.1, 0.15) is 5.82 Å². The number of fused-ring (bicyclic) bond motifs is 1. The first-order chi connectivity index (χ1) is 9.13. The molecule has 2 atom stereocenters. The lowest BCUT2D eigenvalue weighted by Crippen LogP contribution is -2.35. The number of nitrogens with one attached hydrogen (secondary N) is 1. The lowest BCUT2D eigenvalue weighted by Gasteiger charge is -2.31. The fourth-order valence-corrected chi connectivity index (χ4v) is 4.03. The van der Waals surface area contributed by atoms with Crippen molar-refractivity contribution in [3.63, 3.8) is 0 Å². The lowest BCUT2D eigenvalue weighted by molar-refractivity contribution is 0.248.